The summed E-state index contributed by atoms with van der Waals surface area (Å²) >= 11 is 0. The molecular weight excluding hydrogens is 289 g/mol. The highest BCUT2D eigenvalue weighted by molar-refractivity contribution is 5.96. The van der Waals surface area contributed by atoms with E-state index in [1.54, 1.807) is 19.2 Å². The maximum Gasteiger partial charge on any atom is 0.260 e. The lowest BCUT2D eigenvalue weighted by molar-refractivity contribution is -0.132. The number of rotatable bonds is 6. The Bertz CT molecular complexity index is 667. The maximum atomic E-state index is 13.2. The number of ketones is 1. The predicted molar refractivity (Wildman–Crippen MR) is 77.1 cm³/mol. The highest BCUT2D eigenvalue weighted by Crippen LogP contribution is 2.20. The summed E-state index contributed by atoms with van der Waals surface area (Å²) in [4.78, 5) is 24.9. The van der Waals surface area contributed by atoms with Crippen molar-refractivity contribution in [1.82, 2.24) is 4.90 Å². The quantitative estimate of drug-likeness (QED) is 0.770. The molecule has 0 aliphatic carbocycles. The number of hydrogen-bond donors (Lipinski definition) is 0. The summed E-state index contributed by atoms with van der Waals surface area (Å²) in [5, 5.41) is 0. The van der Waals surface area contributed by atoms with Crippen molar-refractivity contribution in [3.8, 4) is 5.75 Å². The Morgan fingerprint density at radius 3 is 2.73 bits per heavy atom. The minimum atomic E-state index is -0.531. The topological polar surface area (TPSA) is 59.8 Å². The molecule has 0 aliphatic heterocycles. The number of likely N-dealkylation sites (N-methyl/N-ethyl adjacent to an activating group) is 1. The lowest BCUT2D eigenvalue weighted by atomic mass is 10.1. The van der Waals surface area contributed by atoms with Gasteiger partial charge in [-0.1, -0.05) is 0 Å². The monoisotopic (exact) mass is 305 g/mol. The number of amides is 1. The number of Topliss-reactive ketones (excluding diaryl/α,β-unsaturated/α-hetero) is 1. The van der Waals surface area contributed by atoms with Gasteiger partial charge in [0.1, 0.15) is 17.3 Å². The van der Waals surface area contributed by atoms with Crippen molar-refractivity contribution in [2.75, 3.05) is 13.7 Å². The van der Waals surface area contributed by atoms with Gasteiger partial charge in [0, 0.05) is 13.1 Å². The van der Waals surface area contributed by atoms with Gasteiger partial charge in [-0.15, -0.1) is 0 Å². The zero-order valence-electron chi connectivity index (χ0n) is 12.3. The molecule has 1 aromatic heterocycles. The van der Waals surface area contributed by atoms with Gasteiger partial charge in [-0.2, -0.15) is 0 Å². The molecule has 1 heterocycles. The van der Waals surface area contributed by atoms with Crippen LogP contribution in [0.15, 0.2) is 41.0 Å². The van der Waals surface area contributed by atoms with Crippen molar-refractivity contribution in [3.05, 3.63) is 53.7 Å². The SMILES string of the molecule is CC(=O)c1ccc(F)cc1OCC(=O)N(C)Cc1ccco1. The van der Waals surface area contributed by atoms with E-state index in [1.165, 1.54) is 30.2 Å². The molecular formula is C16H16FNO4. The van der Waals surface area contributed by atoms with Crippen LogP contribution in [0.25, 0.3) is 0 Å². The van der Waals surface area contributed by atoms with Crippen LogP contribution < -0.4 is 4.74 Å². The fourth-order valence-corrected chi connectivity index (χ4v) is 1.88. The Morgan fingerprint density at radius 2 is 2.09 bits per heavy atom. The minimum absolute atomic E-state index is 0.0623. The molecule has 0 spiro atoms. The molecule has 0 N–H and O–H groups in total. The van der Waals surface area contributed by atoms with Crippen LogP contribution in [-0.4, -0.2) is 30.2 Å². The highest BCUT2D eigenvalue weighted by atomic mass is 19.1. The summed E-state index contributed by atoms with van der Waals surface area (Å²) in [6.07, 6.45) is 1.52. The summed E-state index contributed by atoms with van der Waals surface area (Å²) in [6.45, 7) is 1.36. The lowest BCUT2D eigenvalue weighted by Crippen LogP contribution is -2.31. The minimum Gasteiger partial charge on any atom is -0.483 e. The first kappa shape index (κ1) is 15.8. The largest absolute Gasteiger partial charge is 0.483 e. The first-order chi connectivity index (χ1) is 10.5. The zero-order chi connectivity index (χ0) is 16.1. The number of halogens is 1. The van der Waals surface area contributed by atoms with Crippen molar-refractivity contribution in [2.24, 2.45) is 0 Å². The van der Waals surface area contributed by atoms with Gasteiger partial charge < -0.3 is 14.1 Å². The molecule has 0 bridgehead atoms. The smallest absolute Gasteiger partial charge is 0.260 e. The number of nitrogens with zero attached hydrogens (tertiary/aromatic N) is 1. The van der Waals surface area contributed by atoms with Gasteiger partial charge in [0.05, 0.1) is 18.4 Å². The number of hydrogen-bond acceptors (Lipinski definition) is 4. The van der Waals surface area contributed by atoms with Crippen LogP contribution in [0.3, 0.4) is 0 Å². The third kappa shape index (κ3) is 3.94. The van der Waals surface area contributed by atoms with Gasteiger partial charge in [-0.05, 0) is 31.2 Å². The van der Waals surface area contributed by atoms with Crippen molar-refractivity contribution in [3.63, 3.8) is 0 Å². The van der Waals surface area contributed by atoms with Gasteiger partial charge in [-0.25, -0.2) is 4.39 Å². The normalized spacial score (nSPS) is 10.3. The molecule has 1 aromatic carbocycles. The second kappa shape index (κ2) is 6.89. The van der Waals surface area contributed by atoms with Crippen molar-refractivity contribution in [2.45, 2.75) is 13.5 Å². The summed E-state index contributed by atoms with van der Waals surface area (Å²) in [7, 11) is 1.60. The fraction of sp³-hybridized carbons (Fsp3) is 0.250. The molecule has 2 rings (SSSR count). The molecule has 5 nitrogen and oxygen atoms in total. The molecule has 0 fully saturated rings. The van der Waals surface area contributed by atoms with Gasteiger partial charge >= 0.3 is 0 Å². The van der Waals surface area contributed by atoms with Crippen LogP contribution in [0, 0.1) is 5.82 Å². The Morgan fingerprint density at radius 1 is 1.32 bits per heavy atom. The maximum absolute atomic E-state index is 13.2. The second-order valence-corrected chi connectivity index (χ2v) is 4.81. The predicted octanol–water partition coefficient (Wildman–Crippen LogP) is 2.66. The van der Waals surface area contributed by atoms with Gasteiger partial charge in [0.25, 0.3) is 5.91 Å². The van der Waals surface area contributed by atoms with Crippen LogP contribution >= 0.6 is 0 Å². The van der Waals surface area contributed by atoms with Gasteiger partial charge in [-0.3, -0.25) is 9.59 Å². The molecule has 116 valence electrons. The summed E-state index contributed by atoms with van der Waals surface area (Å²) in [5.41, 5.74) is 0.239. The molecule has 0 unspecified atom stereocenters. The Kier molecular flexibility index (Phi) is 4.93. The average Bonchev–Trinajstić information content (AvgIpc) is 2.97. The Hall–Kier alpha value is -2.63. The zero-order valence-corrected chi connectivity index (χ0v) is 12.3. The molecule has 0 aliphatic rings. The molecule has 1 amide bonds. The van der Waals surface area contributed by atoms with E-state index in [1.807, 2.05) is 0 Å². The summed E-state index contributed by atoms with van der Waals surface area (Å²) < 4.78 is 23.7. The molecule has 6 heteroatoms. The van der Waals surface area contributed by atoms with E-state index >= 15 is 0 Å². The van der Waals surface area contributed by atoms with Crippen LogP contribution in [0.4, 0.5) is 4.39 Å². The van der Waals surface area contributed by atoms with E-state index in [0.29, 0.717) is 12.3 Å². The van der Waals surface area contributed by atoms with Crippen LogP contribution in [0.2, 0.25) is 0 Å². The number of furan rings is 1. The third-order valence-electron chi connectivity index (χ3n) is 3.07. The summed E-state index contributed by atoms with van der Waals surface area (Å²) in [5.74, 6) is -0.392. The first-order valence-corrected chi connectivity index (χ1v) is 6.67. The van der Waals surface area contributed by atoms with E-state index in [4.69, 9.17) is 9.15 Å². The highest BCUT2D eigenvalue weighted by Gasteiger charge is 2.14. The van der Waals surface area contributed by atoms with E-state index in [0.717, 1.165) is 6.07 Å². The molecule has 22 heavy (non-hydrogen) atoms. The van der Waals surface area contributed by atoms with Crippen molar-refractivity contribution < 1.29 is 23.1 Å². The average molecular weight is 305 g/mol. The van der Waals surface area contributed by atoms with Crippen molar-refractivity contribution >= 4 is 11.7 Å². The lowest BCUT2D eigenvalue weighted by Gasteiger charge is -2.16. The van der Waals surface area contributed by atoms with Crippen LogP contribution in [0.1, 0.15) is 23.0 Å². The second-order valence-electron chi connectivity index (χ2n) is 4.81. The van der Waals surface area contributed by atoms with E-state index in [-0.39, 0.29) is 29.6 Å². The third-order valence-corrected chi connectivity index (χ3v) is 3.07. The number of benzene rings is 1. The molecule has 0 atom stereocenters. The number of ether oxygens (including phenoxy) is 1. The van der Waals surface area contributed by atoms with Gasteiger partial charge in [0.2, 0.25) is 0 Å². The molecule has 0 saturated carbocycles. The van der Waals surface area contributed by atoms with E-state index in [2.05, 4.69) is 0 Å². The van der Waals surface area contributed by atoms with Crippen LogP contribution in [-0.2, 0) is 11.3 Å². The molecule has 0 saturated heterocycles. The Labute approximate surface area is 127 Å². The van der Waals surface area contributed by atoms with Gasteiger partial charge in [0.15, 0.2) is 12.4 Å². The van der Waals surface area contributed by atoms with E-state index < -0.39 is 5.82 Å². The van der Waals surface area contributed by atoms with Crippen LogP contribution in [0.5, 0.6) is 5.75 Å². The number of carbonyl (C=O) groups is 2. The van der Waals surface area contributed by atoms with Crippen molar-refractivity contribution in [1.29, 1.82) is 0 Å². The summed E-state index contributed by atoms with van der Waals surface area (Å²) in [6, 6.07) is 7.09. The fourth-order valence-electron chi connectivity index (χ4n) is 1.88. The number of carbonyl (C=O) groups excluding carboxylic acids is 2. The standard InChI is InChI=1S/C16H16FNO4/c1-11(19)14-6-5-12(17)8-15(14)22-10-16(20)18(2)9-13-4-3-7-21-13/h3-8H,9-10H2,1-2H3. The molecule has 2 aromatic rings. The van der Waals surface area contributed by atoms with E-state index in [9.17, 15) is 14.0 Å². The molecule has 0 radical (unpaired) electrons. The first-order valence-electron chi connectivity index (χ1n) is 6.67. The Balaban J connectivity index is 1.98.